The van der Waals surface area contributed by atoms with Gasteiger partial charge < -0.3 is 10.1 Å². The van der Waals surface area contributed by atoms with Gasteiger partial charge in [0.15, 0.2) is 0 Å². The maximum absolute atomic E-state index is 13.9. The average Bonchev–Trinajstić information content (AvgIpc) is 2.84. The Bertz CT molecular complexity index is 527. The van der Waals surface area contributed by atoms with Gasteiger partial charge in [0.2, 0.25) is 0 Å². The molecule has 1 N–H and O–H groups in total. The van der Waals surface area contributed by atoms with Crippen molar-refractivity contribution >= 4 is 11.3 Å². The van der Waals surface area contributed by atoms with Crippen molar-refractivity contribution in [2.45, 2.75) is 6.42 Å². The summed E-state index contributed by atoms with van der Waals surface area (Å²) in [7, 11) is 3.43. The molecule has 0 radical (unpaired) electrons. The van der Waals surface area contributed by atoms with Gasteiger partial charge in [-0.3, -0.25) is 0 Å². The predicted octanol–water partition coefficient (Wildman–Crippen LogP) is 2.72. The van der Waals surface area contributed by atoms with E-state index in [1.165, 1.54) is 24.5 Å². The Morgan fingerprint density at radius 3 is 3.00 bits per heavy atom. The first kappa shape index (κ1) is 13.0. The van der Waals surface area contributed by atoms with E-state index in [0.717, 1.165) is 18.0 Å². The number of halogens is 1. The first-order chi connectivity index (χ1) is 8.76. The molecule has 96 valence electrons. The smallest absolute Gasteiger partial charge is 0.136 e. The highest BCUT2D eigenvalue weighted by atomic mass is 32.1. The second kappa shape index (κ2) is 5.93. The van der Waals surface area contributed by atoms with E-state index in [1.54, 1.807) is 12.1 Å². The molecule has 0 unspecified atom stereocenters. The van der Waals surface area contributed by atoms with E-state index in [0.29, 0.717) is 17.0 Å². The molecule has 1 aromatic heterocycles. The van der Waals surface area contributed by atoms with Crippen LogP contribution in [0.4, 0.5) is 4.39 Å². The maximum atomic E-state index is 13.9. The lowest BCUT2D eigenvalue weighted by Crippen LogP contribution is -2.10. The number of methoxy groups -OCH3 is 1. The Hall–Kier alpha value is -1.46. The lowest BCUT2D eigenvalue weighted by molar-refractivity contribution is 0.413. The summed E-state index contributed by atoms with van der Waals surface area (Å²) in [5.74, 6) is 0.209. The van der Waals surface area contributed by atoms with Gasteiger partial charge in [-0.1, -0.05) is 6.07 Å². The summed E-state index contributed by atoms with van der Waals surface area (Å²) in [6.45, 7) is 0.862. The first-order valence-corrected chi connectivity index (χ1v) is 6.56. The number of thiazole rings is 1. The van der Waals surface area contributed by atoms with E-state index in [1.807, 2.05) is 12.4 Å². The van der Waals surface area contributed by atoms with E-state index in [4.69, 9.17) is 4.74 Å². The number of hydrogen-bond donors (Lipinski definition) is 1. The molecule has 3 nitrogen and oxygen atoms in total. The van der Waals surface area contributed by atoms with Crippen LogP contribution in [0, 0.1) is 5.82 Å². The summed E-state index contributed by atoms with van der Waals surface area (Å²) in [5.41, 5.74) is 1.08. The van der Waals surface area contributed by atoms with Crippen molar-refractivity contribution < 1.29 is 9.13 Å². The van der Waals surface area contributed by atoms with Gasteiger partial charge in [-0.25, -0.2) is 9.37 Å². The number of ether oxygens (including phenoxy) is 1. The van der Waals surface area contributed by atoms with Crippen LogP contribution in [0.3, 0.4) is 0 Å². The molecule has 18 heavy (non-hydrogen) atoms. The molecular weight excluding hydrogens is 251 g/mol. The van der Waals surface area contributed by atoms with Crippen LogP contribution in [-0.2, 0) is 6.42 Å². The third kappa shape index (κ3) is 2.68. The van der Waals surface area contributed by atoms with Crippen molar-refractivity contribution in [3.63, 3.8) is 0 Å². The van der Waals surface area contributed by atoms with Crippen molar-refractivity contribution in [1.82, 2.24) is 10.3 Å². The normalized spacial score (nSPS) is 10.6. The molecule has 5 heteroatoms. The summed E-state index contributed by atoms with van der Waals surface area (Å²) in [4.78, 5) is 4.45. The summed E-state index contributed by atoms with van der Waals surface area (Å²) < 4.78 is 19.0. The molecule has 1 aromatic carbocycles. The van der Waals surface area contributed by atoms with Gasteiger partial charge in [0.05, 0.1) is 23.4 Å². The summed E-state index contributed by atoms with van der Waals surface area (Å²) >= 11 is 1.54. The molecule has 0 fully saturated rings. The van der Waals surface area contributed by atoms with Crippen molar-refractivity contribution in [3.8, 4) is 17.0 Å². The molecule has 2 rings (SSSR count). The van der Waals surface area contributed by atoms with Crippen molar-refractivity contribution in [3.05, 3.63) is 34.4 Å². The van der Waals surface area contributed by atoms with E-state index in [2.05, 4.69) is 10.3 Å². The van der Waals surface area contributed by atoms with Crippen LogP contribution in [-0.4, -0.2) is 25.7 Å². The number of benzene rings is 1. The van der Waals surface area contributed by atoms with Crippen LogP contribution >= 0.6 is 11.3 Å². The van der Waals surface area contributed by atoms with Crippen molar-refractivity contribution in [1.29, 1.82) is 0 Å². The molecule has 2 aromatic rings. The van der Waals surface area contributed by atoms with Gasteiger partial charge in [-0.05, 0) is 19.2 Å². The van der Waals surface area contributed by atoms with Crippen LogP contribution in [0.1, 0.15) is 5.01 Å². The van der Waals surface area contributed by atoms with Crippen LogP contribution in [0.15, 0.2) is 23.6 Å². The number of aromatic nitrogens is 1. The fourth-order valence-electron chi connectivity index (χ4n) is 1.70. The van der Waals surface area contributed by atoms with Gasteiger partial charge >= 0.3 is 0 Å². The van der Waals surface area contributed by atoms with Gasteiger partial charge in [-0.2, -0.15) is 0 Å². The Kier molecular flexibility index (Phi) is 4.28. The second-order valence-electron chi connectivity index (χ2n) is 3.80. The minimum absolute atomic E-state index is 0.306. The SMILES string of the molecule is CNCCc1nc(-c2c(F)cccc2OC)cs1. The van der Waals surface area contributed by atoms with Crippen molar-refractivity contribution in [2.75, 3.05) is 20.7 Å². The topological polar surface area (TPSA) is 34.2 Å². The number of nitrogens with zero attached hydrogens (tertiary/aromatic N) is 1. The number of nitrogens with one attached hydrogen (secondary N) is 1. The fraction of sp³-hybridized carbons (Fsp3) is 0.308. The van der Waals surface area contributed by atoms with Gasteiger partial charge in [0.1, 0.15) is 11.6 Å². The quantitative estimate of drug-likeness (QED) is 0.903. The number of likely N-dealkylation sites (N-methyl/N-ethyl adjacent to an activating group) is 1. The van der Waals surface area contributed by atoms with E-state index >= 15 is 0 Å². The fourth-order valence-corrected chi connectivity index (χ4v) is 2.48. The molecule has 0 bridgehead atoms. The van der Waals surface area contributed by atoms with Crippen LogP contribution in [0.5, 0.6) is 5.75 Å². The zero-order valence-corrected chi connectivity index (χ0v) is 11.2. The highest BCUT2D eigenvalue weighted by Gasteiger charge is 2.14. The Balaban J connectivity index is 2.33. The summed E-state index contributed by atoms with van der Waals surface area (Å²) in [5, 5.41) is 5.92. The van der Waals surface area contributed by atoms with Crippen LogP contribution in [0.2, 0.25) is 0 Å². The van der Waals surface area contributed by atoms with E-state index < -0.39 is 0 Å². The predicted molar refractivity (Wildman–Crippen MR) is 71.7 cm³/mol. The lowest BCUT2D eigenvalue weighted by Gasteiger charge is -2.06. The Morgan fingerprint density at radius 2 is 2.28 bits per heavy atom. The molecule has 0 aliphatic rings. The van der Waals surface area contributed by atoms with Crippen LogP contribution in [0.25, 0.3) is 11.3 Å². The number of rotatable bonds is 5. The Labute approximate surface area is 110 Å². The Morgan fingerprint density at radius 1 is 1.44 bits per heavy atom. The molecule has 0 spiro atoms. The second-order valence-corrected chi connectivity index (χ2v) is 4.74. The molecule has 0 saturated heterocycles. The monoisotopic (exact) mass is 266 g/mol. The maximum Gasteiger partial charge on any atom is 0.136 e. The molecule has 1 heterocycles. The van der Waals surface area contributed by atoms with Gasteiger partial charge in [0.25, 0.3) is 0 Å². The molecule has 0 saturated carbocycles. The summed E-state index contributed by atoms with van der Waals surface area (Å²) in [6.07, 6.45) is 0.845. The summed E-state index contributed by atoms with van der Waals surface area (Å²) in [6, 6.07) is 4.79. The standard InChI is InChI=1S/C13H15FN2OS/c1-15-7-6-12-16-10(8-18-12)13-9(14)4-3-5-11(13)17-2/h3-5,8,15H,6-7H2,1-2H3. The minimum Gasteiger partial charge on any atom is -0.496 e. The molecule has 0 amide bonds. The molecular formula is C13H15FN2OS. The highest BCUT2D eigenvalue weighted by molar-refractivity contribution is 7.09. The zero-order chi connectivity index (χ0) is 13.0. The molecule has 0 aliphatic carbocycles. The molecule has 0 atom stereocenters. The molecule has 0 aliphatic heterocycles. The van der Waals surface area contributed by atoms with Gasteiger partial charge in [-0.15, -0.1) is 11.3 Å². The van der Waals surface area contributed by atoms with Crippen LogP contribution < -0.4 is 10.1 Å². The zero-order valence-electron chi connectivity index (χ0n) is 10.4. The average molecular weight is 266 g/mol. The highest BCUT2D eigenvalue weighted by Crippen LogP contribution is 2.33. The van der Waals surface area contributed by atoms with E-state index in [-0.39, 0.29) is 5.82 Å². The van der Waals surface area contributed by atoms with E-state index in [9.17, 15) is 4.39 Å². The third-order valence-electron chi connectivity index (χ3n) is 2.59. The number of hydrogen-bond acceptors (Lipinski definition) is 4. The lowest BCUT2D eigenvalue weighted by atomic mass is 10.1. The van der Waals surface area contributed by atoms with Gasteiger partial charge in [0, 0.05) is 18.3 Å². The minimum atomic E-state index is -0.306. The third-order valence-corrected chi connectivity index (χ3v) is 3.50. The first-order valence-electron chi connectivity index (χ1n) is 5.68. The largest absolute Gasteiger partial charge is 0.496 e. The van der Waals surface area contributed by atoms with Crippen molar-refractivity contribution in [2.24, 2.45) is 0 Å².